The van der Waals surface area contributed by atoms with E-state index in [1.807, 2.05) is 25.1 Å². The number of rotatable bonds is 8. The average molecular weight is 477 g/mol. The van der Waals surface area contributed by atoms with Crippen LogP contribution in [0.15, 0.2) is 42.5 Å². The highest BCUT2D eigenvalue weighted by atomic mass is 19.2. The molecule has 0 bridgehead atoms. The van der Waals surface area contributed by atoms with Crippen molar-refractivity contribution in [1.29, 1.82) is 0 Å². The van der Waals surface area contributed by atoms with Gasteiger partial charge in [-0.15, -0.1) is 0 Å². The predicted molar refractivity (Wildman–Crippen MR) is 139 cm³/mol. The molecule has 3 heteroatoms. The van der Waals surface area contributed by atoms with Crippen molar-refractivity contribution in [2.24, 2.45) is 5.92 Å². The normalized spacial score (nSPS) is 18.7. The van der Waals surface area contributed by atoms with Gasteiger partial charge in [-0.25, -0.2) is 13.2 Å². The van der Waals surface area contributed by atoms with E-state index in [9.17, 15) is 8.78 Å². The molecule has 2 aliphatic carbocycles. The second-order valence-corrected chi connectivity index (χ2v) is 10.5. The number of benzene rings is 3. The Bertz CT molecular complexity index is 1200. The Hall–Kier alpha value is -2.55. The molecule has 3 aromatic rings. The first-order valence-electron chi connectivity index (χ1n) is 13.5. The van der Waals surface area contributed by atoms with Crippen LogP contribution in [0.4, 0.5) is 13.2 Å². The fourth-order valence-corrected chi connectivity index (χ4v) is 6.19. The summed E-state index contributed by atoms with van der Waals surface area (Å²) >= 11 is 0. The molecular formula is C32H35F3. The molecule has 0 nitrogen and oxygen atoms in total. The minimum atomic E-state index is -0.921. The number of unbranched alkanes of at least 4 members (excludes halogenated alkanes) is 2. The Balaban J connectivity index is 1.33. The van der Waals surface area contributed by atoms with E-state index in [-0.39, 0.29) is 11.1 Å². The van der Waals surface area contributed by atoms with Gasteiger partial charge in [-0.05, 0) is 77.8 Å². The molecule has 0 N–H and O–H groups in total. The quantitative estimate of drug-likeness (QED) is 0.222. The summed E-state index contributed by atoms with van der Waals surface area (Å²) in [6, 6.07) is 13.5. The third-order valence-corrected chi connectivity index (χ3v) is 8.24. The molecule has 184 valence electrons. The molecule has 0 saturated heterocycles. The number of hydrogen-bond acceptors (Lipinski definition) is 0. The van der Waals surface area contributed by atoms with Crippen LogP contribution in [0.25, 0.3) is 33.4 Å². The molecule has 35 heavy (non-hydrogen) atoms. The lowest BCUT2D eigenvalue weighted by Crippen LogP contribution is -2.13. The Morgan fingerprint density at radius 2 is 1.37 bits per heavy atom. The summed E-state index contributed by atoms with van der Waals surface area (Å²) in [5.74, 6) is -0.772. The summed E-state index contributed by atoms with van der Waals surface area (Å²) in [6.45, 7) is 4.19. The van der Waals surface area contributed by atoms with E-state index in [2.05, 4.69) is 19.1 Å². The van der Waals surface area contributed by atoms with Crippen molar-refractivity contribution in [3.63, 3.8) is 0 Å². The van der Waals surface area contributed by atoms with Crippen molar-refractivity contribution in [3.05, 3.63) is 71.0 Å². The molecule has 0 radical (unpaired) electrons. The summed E-state index contributed by atoms with van der Waals surface area (Å²) < 4.78 is 45.0. The minimum absolute atomic E-state index is 0.0871. The fourth-order valence-electron chi connectivity index (χ4n) is 6.19. The van der Waals surface area contributed by atoms with Gasteiger partial charge in [0, 0.05) is 16.7 Å². The highest BCUT2D eigenvalue weighted by Gasteiger charge is 2.34. The lowest BCUT2D eigenvalue weighted by atomic mass is 9.76. The highest BCUT2D eigenvalue weighted by molar-refractivity contribution is 6.04. The molecule has 0 aromatic heterocycles. The second kappa shape index (κ2) is 10.2. The van der Waals surface area contributed by atoms with E-state index >= 15 is 4.39 Å². The maximum atomic E-state index is 15.6. The van der Waals surface area contributed by atoms with Crippen LogP contribution in [0.5, 0.6) is 0 Å². The first-order chi connectivity index (χ1) is 17.0. The van der Waals surface area contributed by atoms with Crippen LogP contribution in [-0.2, 0) is 6.42 Å². The summed E-state index contributed by atoms with van der Waals surface area (Å²) in [4.78, 5) is 0. The molecule has 0 amide bonds. The third-order valence-electron chi connectivity index (χ3n) is 8.24. The molecule has 3 aromatic carbocycles. The van der Waals surface area contributed by atoms with Gasteiger partial charge in [-0.2, -0.15) is 0 Å². The SMILES string of the molecule is CCCCCC1CCC(c2ccc(-c3ccc4c(c3F)-c3c-4cc(CCC)c(F)c3F)cc2)CC1. The maximum Gasteiger partial charge on any atom is 0.167 e. The summed E-state index contributed by atoms with van der Waals surface area (Å²) in [5.41, 5.74) is 4.50. The van der Waals surface area contributed by atoms with E-state index in [0.717, 1.165) is 17.9 Å². The van der Waals surface area contributed by atoms with Gasteiger partial charge in [-0.1, -0.05) is 82.3 Å². The Morgan fingerprint density at radius 3 is 2.06 bits per heavy atom. The maximum absolute atomic E-state index is 15.6. The van der Waals surface area contributed by atoms with Crippen molar-refractivity contribution in [3.8, 4) is 33.4 Å². The highest BCUT2D eigenvalue weighted by Crippen LogP contribution is 2.52. The van der Waals surface area contributed by atoms with Crippen LogP contribution in [0.1, 0.15) is 88.7 Å². The van der Waals surface area contributed by atoms with E-state index < -0.39 is 17.5 Å². The largest absolute Gasteiger partial charge is 0.206 e. The number of hydrogen-bond donors (Lipinski definition) is 0. The third kappa shape index (κ3) is 4.43. The van der Waals surface area contributed by atoms with E-state index in [0.29, 0.717) is 34.6 Å². The van der Waals surface area contributed by atoms with E-state index in [1.54, 1.807) is 12.1 Å². The zero-order valence-electron chi connectivity index (χ0n) is 20.9. The molecule has 0 unspecified atom stereocenters. The van der Waals surface area contributed by atoms with Crippen LogP contribution in [0, 0.1) is 23.4 Å². The van der Waals surface area contributed by atoms with Gasteiger partial charge < -0.3 is 0 Å². The molecule has 1 fully saturated rings. The number of fused-ring (bicyclic) bond motifs is 4. The topological polar surface area (TPSA) is 0 Å². The lowest BCUT2D eigenvalue weighted by Gasteiger charge is -2.29. The molecule has 2 aliphatic rings. The van der Waals surface area contributed by atoms with Crippen LogP contribution < -0.4 is 0 Å². The molecule has 1 saturated carbocycles. The van der Waals surface area contributed by atoms with Crippen LogP contribution in [-0.4, -0.2) is 0 Å². The zero-order valence-corrected chi connectivity index (χ0v) is 20.9. The van der Waals surface area contributed by atoms with Gasteiger partial charge in [0.2, 0.25) is 0 Å². The Kier molecular flexibility index (Phi) is 7.05. The van der Waals surface area contributed by atoms with Crippen molar-refractivity contribution in [1.82, 2.24) is 0 Å². The van der Waals surface area contributed by atoms with Gasteiger partial charge in [0.25, 0.3) is 0 Å². The first kappa shape index (κ1) is 24.2. The summed E-state index contributed by atoms with van der Waals surface area (Å²) in [6.07, 6.45) is 11.6. The minimum Gasteiger partial charge on any atom is -0.206 e. The van der Waals surface area contributed by atoms with E-state index in [4.69, 9.17) is 0 Å². The van der Waals surface area contributed by atoms with E-state index in [1.165, 1.54) is 56.9 Å². The first-order valence-corrected chi connectivity index (χ1v) is 13.5. The smallest absolute Gasteiger partial charge is 0.167 e. The number of aryl methyl sites for hydroxylation is 1. The fraction of sp³-hybridized carbons (Fsp3) is 0.438. The van der Waals surface area contributed by atoms with Crippen LogP contribution in [0.3, 0.4) is 0 Å². The van der Waals surface area contributed by atoms with Crippen LogP contribution >= 0.6 is 0 Å². The summed E-state index contributed by atoms with van der Waals surface area (Å²) in [5, 5.41) is 0. The van der Waals surface area contributed by atoms with Crippen molar-refractivity contribution < 1.29 is 13.2 Å². The van der Waals surface area contributed by atoms with Gasteiger partial charge in [0.15, 0.2) is 11.6 Å². The predicted octanol–water partition coefficient (Wildman–Crippen LogP) is 10.2. The van der Waals surface area contributed by atoms with Crippen molar-refractivity contribution in [2.45, 2.75) is 84.0 Å². The zero-order chi connectivity index (χ0) is 24.5. The number of halogens is 3. The van der Waals surface area contributed by atoms with Crippen molar-refractivity contribution >= 4 is 0 Å². The monoisotopic (exact) mass is 476 g/mol. The van der Waals surface area contributed by atoms with Gasteiger partial charge >= 0.3 is 0 Å². The standard InChI is InChI=1S/C32H35F3/c1-3-5-6-8-20-9-11-21(12-10-20)22-13-15-23(16-14-22)25-17-18-26-27-19-24(7-4-2)30(33)32(35)29(27)28(26)31(25)34/h13-21H,3-12H2,1-2H3. The molecule has 0 atom stereocenters. The van der Waals surface area contributed by atoms with Gasteiger partial charge in [-0.3, -0.25) is 0 Å². The lowest BCUT2D eigenvalue weighted by molar-refractivity contribution is 0.303. The molecule has 0 heterocycles. The Labute approximate surface area is 207 Å². The molecular weight excluding hydrogens is 441 g/mol. The molecule has 5 rings (SSSR count). The Morgan fingerprint density at radius 1 is 0.686 bits per heavy atom. The van der Waals surface area contributed by atoms with Crippen molar-refractivity contribution in [2.75, 3.05) is 0 Å². The van der Waals surface area contributed by atoms with Crippen LogP contribution in [0.2, 0.25) is 0 Å². The summed E-state index contributed by atoms with van der Waals surface area (Å²) in [7, 11) is 0. The molecule has 0 aliphatic heterocycles. The molecule has 0 spiro atoms. The second-order valence-electron chi connectivity index (χ2n) is 10.5. The van der Waals surface area contributed by atoms with Gasteiger partial charge in [0.05, 0.1) is 0 Å². The van der Waals surface area contributed by atoms with Gasteiger partial charge in [0.1, 0.15) is 5.82 Å². The average Bonchev–Trinajstić information content (AvgIpc) is 2.87.